The number of hydrogen-bond acceptors (Lipinski definition) is 9. The molecule has 38 heavy (non-hydrogen) atoms. The highest BCUT2D eigenvalue weighted by Gasteiger charge is 2.30. The van der Waals surface area contributed by atoms with Crippen molar-refractivity contribution >= 4 is 40.0 Å². The molecule has 0 unspecified atom stereocenters. The summed E-state index contributed by atoms with van der Waals surface area (Å²) in [6.45, 7) is 6.22. The number of para-hydroxylation sites is 1. The molecule has 0 fully saturated rings. The highest BCUT2D eigenvalue weighted by atomic mass is 32.2. The van der Waals surface area contributed by atoms with Gasteiger partial charge in [0.2, 0.25) is 11.1 Å². The quantitative estimate of drug-likeness (QED) is 0.240. The average Bonchev–Trinajstić information content (AvgIpc) is 3.53. The van der Waals surface area contributed by atoms with Gasteiger partial charge in [0.25, 0.3) is 0 Å². The third-order valence-electron chi connectivity index (χ3n) is 6.19. The van der Waals surface area contributed by atoms with Crippen LogP contribution in [-0.2, 0) is 29.0 Å². The fourth-order valence-electron chi connectivity index (χ4n) is 4.35. The van der Waals surface area contributed by atoms with E-state index in [1.54, 1.807) is 18.5 Å². The van der Waals surface area contributed by atoms with Crippen LogP contribution in [0.4, 0.5) is 5.00 Å². The second-order valence-corrected chi connectivity index (χ2v) is 11.2. The molecule has 0 saturated heterocycles. The number of nitrogens with one attached hydrogen (secondary N) is 1. The number of anilines is 1. The van der Waals surface area contributed by atoms with E-state index in [2.05, 4.69) is 37.9 Å². The number of thioether (sulfide) groups is 1. The van der Waals surface area contributed by atoms with Crippen LogP contribution in [0.3, 0.4) is 0 Å². The number of benzene rings is 2. The molecule has 0 radical (unpaired) electrons. The van der Waals surface area contributed by atoms with E-state index in [4.69, 9.17) is 4.74 Å². The minimum atomic E-state index is -0.507. The Morgan fingerprint density at radius 2 is 1.87 bits per heavy atom. The summed E-state index contributed by atoms with van der Waals surface area (Å²) in [4.78, 5) is 29.7. The van der Waals surface area contributed by atoms with Crippen molar-refractivity contribution in [3.8, 4) is 5.69 Å². The summed E-state index contributed by atoms with van der Waals surface area (Å²) in [5.74, 6) is -0.631. The van der Waals surface area contributed by atoms with Gasteiger partial charge in [-0.3, -0.25) is 9.69 Å². The van der Waals surface area contributed by atoms with E-state index in [0.717, 1.165) is 35.6 Å². The van der Waals surface area contributed by atoms with E-state index in [1.807, 2.05) is 48.5 Å². The van der Waals surface area contributed by atoms with Crippen LogP contribution in [0.2, 0.25) is 0 Å². The Hall–Kier alpha value is -3.54. The molecule has 0 aliphatic carbocycles. The molecular formula is C27H28N6O3S2. The SMILES string of the molecule is CCOC(=O)c1c(NC(=O)[C@@H](C)Sc2nnnn2-c2ccccc2)sc2c1CCN(Cc1ccccc1)C2. The van der Waals surface area contributed by atoms with Gasteiger partial charge in [-0.1, -0.05) is 60.3 Å². The number of esters is 1. The summed E-state index contributed by atoms with van der Waals surface area (Å²) in [7, 11) is 0. The molecule has 3 heterocycles. The molecular weight excluding hydrogens is 520 g/mol. The maximum Gasteiger partial charge on any atom is 0.341 e. The molecule has 196 valence electrons. The van der Waals surface area contributed by atoms with Crippen molar-refractivity contribution in [3.05, 3.63) is 82.2 Å². The minimum Gasteiger partial charge on any atom is -0.462 e. The average molecular weight is 549 g/mol. The van der Waals surface area contributed by atoms with Gasteiger partial charge in [0.1, 0.15) is 5.00 Å². The highest BCUT2D eigenvalue weighted by molar-refractivity contribution is 8.00. The molecule has 11 heteroatoms. The van der Waals surface area contributed by atoms with Crippen molar-refractivity contribution < 1.29 is 14.3 Å². The second kappa shape index (κ2) is 11.9. The van der Waals surface area contributed by atoms with Crippen LogP contribution in [0, 0.1) is 0 Å². The number of amides is 1. The Morgan fingerprint density at radius 1 is 1.13 bits per heavy atom. The first-order valence-electron chi connectivity index (χ1n) is 12.4. The van der Waals surface area contributed by atoms with Crippen LogP contribution in [0.5, 0.6) is 0 Å². The van der Waals surface area contributed by atoms with Crippen molar-refractivity contribution in [2.45, 2.75) is 43.8 Å². The Balaban J connectivity index is 1.33. The third-order valence-corrected chi connectivity index (χ3v) is 8.36. The summed E-state index contributed by atoms with van der Waals surface area (Å²) in [5.41, 5.74) is 3.51. The first kappa shape index (κ1) is 26.1. The molecule has 0 bridgehead atoms. The van der Waals surface area contributed by atoms with Crippen LogP contribution >= 0.6 is 23.1 Å². The smallest absolute Gasteiger partial charge is 0.341 e. The molecule has 0 saturated carbocycles. The number of hydrogen-bond donors (Lipinski definition) is 1. The van der Waals surface area contributed by atoms with Crippen molar-refractivity contribution in [2.75, 3.05) is 18.5 Å². The predicted molar refractivity (Wildman–Crippen MR) is 148 cm³/mol. The van der Waals surface area contributed by atoms with E-state index in [-0.39, 0.29) is 12.5 Å². The number of thiophene rings is 1. The van der Waals surface area contributed by atoms with Gasteiger partial charge < -0.3 is 10.1 Å². The van der Waals surface area contributed by atoms with Gasteiger partial charge in [-0.25, -0.2) is 4.79 Å². The predicted octanol–water partition coefficient (Wildman–Crippen LogP) is 4.58. The van der Waals surface area contributed by atoms with E-state index >= 15 is 0 Å². The fourth-order valence-corrected chi connectivity index (χ4v) is 6.44. The van der Waals surface area contributed by atoms with E-state index in [1.165, 1.54) is 28.7 Å². The number of fused-ring (bicyclic) bond motifs is 1. The number of ether oxygens (including phenoxy) is 1. The van der Waals surface area contributed by atoms with Gasteiger partial charge in [-0.05, 0) is 54.0 Å². The molecule has 0 spiro atoms. The van der Waals surface area contributed by atoms with Gasteiger partial charge in [0, 0.05) is 24.5 Å². The molecule has 1 N–H and O–H groups in total. The summed E-state index contributed by atoms with van der Waals surface area (Å²) in [5, 5.41) is 15.5. The maximum absolute atomic E-state index is 13.3. The van der Waals surface area contributed by atoms with Gasteiger partial charge in [-0.15, -0.1) is 16.4 Å². The molecule has 1 aliphatic heterocycles. The lowest BCUT2D eigenvalue weighted by molar-refractivity contribution is -0.115. The van der Waals surface area contributed by atoms with E-state index < -0.39 is 11.2 Å². The second-order valence-electron chi connectivity index (χ2n) is 8.83. The Morgan fingerprint density at radius 3 is 2.61 bits per heavy atom. The fraction of sp³-hybridized carbons (Fsp3) is 0.296. The normalized spacial score (nSPS) is 14.1. The molecule has 2 aromatic heterocycles. The molecule has 2 aromatic carbocycles. The van der Waals surface area contributed by atoms with Crippen LogP contribution in [0.25, 0.3) is 5.69 Å². The molecule has 9 nitrogen and oxygen atoms in total. The van der Waals surface area contributed by atoms with Crippen molar-refractivity contribution in [2.24, 2.45) is 0 Å². The van der Waals surface area contributed by atoms with Crippen LogP contribution in [0.1, 0.15) is 40.2 Å². The lowest BCUT2D eigenvalue weighted by Crippen LogP contribution is -2.30. The standard InChI is InChI=1S/C27H28N6O3S2/c1-3-36-26(35)23-21-14-15-32(16-19-10-6-4-7-11-19)17-22(21)38-25(23)28-24(34)18(2)37-27-29-30-31-33(27)20-12-8-5-9-13-20/h4-13,18H,3,14-17H2,1-2H3,(H,28,34)/t18-/m1/s1. The number of nitrogens with zero attached hydrogens (tertiary/aromatic N) is 5. The summed E-state index contributed by atoms with van der Waals surface area (Å²) in [6, 6.07) is 19.8. The monoisotopic (exact) mass is 548 g/mol. The van der Waals surface area contributed by atoms with E-state index in [9.17, 15) is 9.59 Å². The number of carbonyl (C=O) groups is 2. The zero-order chi connectivity index (χ0) is 26.5. The number of carbonyl (C=O) groups excluding carboxylic acids is 2. The molecule has 1 atom stereocenters. The maximum atomic E-state index is 13.3. The molecule has 1 aliphatic rings. The number of rotatable bonds is 9. The number of aromatic nitrogens is 4. The van der Waals surface area contributed by atoms with Crippen molar-refractivity contribution in [3.63, 3.8) is 0 Å². The minimum absolute atomic E-state index is 0.233. The van der Waals surface area contributed by atoms with Gasteiger partial charge in [-0.2, -0.15) is 4.68 Å². The highest BCUT2D eigenvalue weighted by Crippen LogP contribution is 2.38. The third kappa shape index (κ3) is 5.79. The van der Waals surface area contributed by atoms with Crippen molar-refractivity contribution in [1.82, 2.24) is 25.1 Å². The van der Waals surface area contributed by atoms with Crippen LogP contribution in [-0.4, -0.2) is 55.4 Å². The molecule has 4 aromatic rings. The van der Waals surface area contributed by atoms with Gasteiger partial charge in [0.05, 0.1) is 23.1 Å². The van der Waals surface area contributed by atoms with Crippen molar-refractivity contribution in [1.29, 1.82) is 0 Å². The van der Waals surface area contributed by atoms with Crippen LogP contribution in [0.15, 0.2) is 65.8 Å². The first-order valence-corrected chi connectivity index (χ1v) is 14.1. The Kier molecular flexibility index (Phi) is 8.16. The molecule has 1 amide bonds. The summed E-state index contributed by atoms with van der Waals surface area (Å²) in [6.07, 6.45) is 0.721. The zero-order valence-corrected chi connectivity index (χ0v) is 22.8. The lowest BCUT2D eigenvalue weighted by atomic mass is 10.0. The van der Waals surface area contributed by atoms with Gasteiger partial charge in [0.15, 0.2) is 0 Å². The molecule has 5 rings (SSSR count). The Bertz CT molecular complexity index is 1410. The first-order chi connectivity index (χ1) is 18.5. The Labute approximate surface area is 229 Å². The summed E-state index contributed by atoms with van der Waals surface area (Å²) < 4.78 is 6.98. The summed E-state index contributed by atoms with van der Waals surface area (Å²) >= 11 is 2.71. The lowest BCUT2D eigenvalue weighted by Gasteiger charge is -2.27. The zero-order valence-electron chi connectivity index (χ0n) is 21.2. The number of tetrazole rings is 1. The van der Waals surface area contributed by atoms with E-state index in [0.29, 0.717) is 22.3 Å². The largest absolute Gasteiger partial charge is 0.462 e. The van der Waals surface area contributed by atoms with Crippen LogP contribution < -0.4 is 5.32 Å². The topological polar surface area (TPSA) is 102 Å². The van der Waals surface area contributed by atoms with Gasteiger partial charge >= 0.3 is 5.97 Å².